The molecule has 138 valence electrons. The van der Waals surface area contributed by atoms with Crippen molar-refractivity contribution >= 4 is 21.9 Å². The molecule has 2 rings (SSSR count). The standard InChI is InChI=1S/C15H19FN2O6S/c1-11(17-25(21,22)13-4-2-12(16)3-5-13)15(20)24-10-14(19)18-6-8-23-9-7-18/h2-5,11,17H,6-10H2,1H3/t11-/m0/s1. The Morgan fingerprint density at radius 1 is 1.28 bits per heavy atom. The van der Waals surface area contributed by atoms with Crippen LogP contribution in [-0.2, 0) is 29.1 Å². The molecule has 1 fully saturated rings. The average molecular weight is 374 g/mol. The minimum atomic E-state index is -4.01. The van der Waals surface area contributed by atoms with E-state index in [4.69, 9.17) is 9.47 Å². The Morgan fingerprint density at radius 2 is 1.88 bits per heavy atom. The minimum absolute atomic E-state index is 0.182. The van der Waals surface area contributed by atoms with Gasteiger partial charge in [-0.2, -0.15) is 4.72 Å². The van der Waals surface area contributed by atoms with Crippen LogP contribution >= 0.6 is 0 Å². The third kappa shape index (κ3) is 5.48. The van der Waals surface area contributed by atoms with Crippen LogP contribution in [0.3, 0.4) is 0 Å². The number of rotatable bonds is 6. The molecule has 25 heavy (non-hydrogen) atoms. The van der Waals surface area contributed by atoms with Gasteiger partial charge in [-0.3, -0.25) is 9.59 Å². The van der Waals surface area contributed by atoms with Crippen LogP contribution in [0.2, 0.25) is 0 Å². The second-order valence-corrected chi connectivity index (χ2v) is 7.11. The molecular formula is C15H19FN2O6S. The third-order valence-electron chi connectivity index (χ3n) is 3.51. The number of sulfonamides is 1. The van der Waals surface area contributed by atoms with Gasteiger partial charge in [-0.15, -0.1) is 0 Å². The highest BCUT2D eigenvalue weighted by atomic mass is 32.2. The van der Waals surface area contributed by atoms with Crippen molar-refractivity contribution in [3.05, 3.63) is 30.1 Å². The smallest absolute Gasteiger partial charge is 0.324 e. The first-order valence-corrected chi connectivity index (χ1v) is 9.08. The highest BCUT2D eigenvalue weighted by Crippen LogP contribution is 2.10. The van der Waals surface area contributed by atoms with Crippen LogP contribution in [-0.4, -0.2) is 64.1 Å². The summed E-state index contributed by atoms with van der Waals surface area (Å²) >= 11 is 0. The second kappa shape index (κ2) is 8.37. The maximum atomic E-state index is 12.9. The molecule has 0 unspecified atom stereocenters. The largest absolute Gasteiger partial charge is 0.454 e. The van der Waals surface area contributed by atoms with E-state index in [1.54, 1.807) is 0 Å². The lowest BCUT2D eigenvalue weighted by Crippen LogP contribution is -2.44. The Bertz CT molecular complexity index is 716. The first kappa shape index (κ1) is 19.3. The molecule has 0 radical (unpaired) electrons. The van der Waals surface area contributed by atoms with Crippen LogP contribution in [0.5, 0.6) is 0 Å². The molecule has 1 aliphatic rings. The molecule has 0 bridgehead atoms. The monoisotopic (exact) mass is 374 g/mol. The molecule has 1 aromatic rings. The molecule has 1 amide bonds. The molecule has 8 nitrogen and oxygen atoms in total. The number of nitrogens with one attached hydrogen (secondary N) is 1. The lowest BCUT2D eigenvalue weighted by molar-refractivity contribution is -0.154. The van der Waals surface area contributed by atoms with E-state index in [0.29, 0.717) is 26.3 Å². The summed E-state index contributed by atoms with van der Waals surface area (Å²) < 4.78 is 49.2. The zero-order valence-corrected chi connectivity index (χ0v) is 14.4. The van der Waals surface area contributed by atoms with E-state index in [0.717, 1.165) is 24.3 Å². The Hall–Kier alpha value is -2.04. The van der Waals surface area contributed by atoms with Crippen LogP contribution < -0.4 is 4.72 Å². The summed E-state index contributed by atoms with van der Waals surface area (Å²) in [7, 11) is -4.01. The average Bonchev–Trinajstić information content (AvgIpc) is 2.60. The fourth-order valence-corrected chi connectivity index (χ4v) is 3.32. The molecule has 1 N–H and O–H groups in total. The van der Waals surface area contributed by atoms with E-state index in [9.17, 15) is 22.4 Å². The maximum Gasteiger partial charge on any atom is 0.324 e. The fraction of sp³-hybridized carbons (Fsp3) is 0.467. The topological polar surface area (TPSA) is 102 Å². The molecule has 1 aromatic carbocycles. The summed E-state index contributed by atoms with van der Waals surface area (Å²) in [5, 5.41) is 0. The maximum absolute atomic E-state index is 12.9. The number of benzene rings is 1. The second-order valence-electron chi connectivity index (χ2n) is 5.40. The number of ether oxygens (including phenoxy) is 2. The number of amides is 1. The van der Waals surface area contributed by atoms with E-state index in [1.165, 1.54) is 11.8 Å². The van der Waals surface area contributed by atoms with Crippen LogP contribution in [0.15, 0.2) is 29.2 Å². The van der Waals surface area contributed by atoms with Crippen molar-refractivity contribution in [3.8, 4) is 0 Å². The molecule has 10 heteroatoms. The van der Waals surface area contributed by atoms with Crippen molar-refractivity contribution in [2.45, 2.75) is 17.9 Å². The predicted molar refractivity (Wildman–Crippen MR) is 84.5 cm³/mol. The zero-order chi connectivity index (χ0) is 18.4. The first-order chi connectivity index (χ1) is 11.8. The third-order valence-corrected chi connectivity index (χ3v) is 5.07. The first-order valence-electron chi connectivity index (χ1n) is 7.59. The van der Waals surface area contributed by atoms with Crippen LogP contribution in [0.4, 0.5) is 4.39 Å². The van der Waals surface area contributed by atoms with Crippen molar-refractivity contribution in [2.24, 2.45) is 0 Å². The van der Waals surface area contributed by atoms with Crippen LogP contribution in [0.1, 0.15) is 6.92 Å². The SMILES string of the molecule is C[C@H](NS(=O)(=O)c1ccc(F)cc1)C(=O)OCC(=O)N1CCOCC1. The highest BCUT2D eigenvalue weighted by Gasteiger charge is 2.25. The Labute approximate surface area is 144 Å². The molecule has 1 atom stereocenters. The summed E-state index contributed by atoms with van der Waals surface area (Å²) in [4.78, 5) is 25.1. The molecule has 1 saturated heterocycles. The zero-order valence-electron chi connectivity index (χ0n) is 13.6. The Balaban J connectivity index is 1.86. The summed E-state index contributed by atoms with van der Waals surface area (Å²) in [6, 6.07) is 2.96. The number of hydrogen-bond acceptors (Lipinski definition) is 6. The van der Waals surface area contributed by atoms with Crippen molar-refractivity contribution in [1.82, 2.24) is 9.62 Å². The van der Waals surface area contributed by atoms with E-state index in [1.807, 2.05) is 0 Å². The molecule has 1 aliphatic heterocycles. The van der Waals surface area contributed by atoms with Crippen LogP contribution in [0, 0.1) is 5.82 Å². The quantitative estimate of drug-likeness (QED) is 0.698. The Morgan fingerprint density at radius 3 is 2.48 bits per heavy atom. The van der Waals surface area contributed by atoms with Gasteiger partial charge in [0.1, 0.15) is 11.9 Å². The number of carbonyl (C=O) groups is 2. The minimum Gasteiger partial charge on any atom is -0.454 e. The van der Waals surface area contributed by atoms with Gasteiger partial charge in [-0.05, 0) is 31.2 Å². The normalized spacial score (nSPS) is 16.3. The Kier molecular flexibility index (Phi) is 6.45. The predicted octanol–water partition coefficient (Wildman–Crippen LogP) is -0.105. The number of hydrogen-bond donors (Lipinski definition) is 1. The summed E-state index contributed by atoms with van der Waals surface area (Å²) in [6.45, 7) is 2.51. The lowest BCUT2D eigenvalue weighted by Gasteiger charge is -2.26. The number of morpholine rings is 1. The number of carbonyl (C=O) groups excluding carboxylic acids is 2. The van der Waals surface area contributed by atoms with Crippen molar-refractivity contribution < 1.29 is 31.9 Å². The van der Waals surface area contributed by atoms with Crippen molar-refractivity contribution in [3.63, 3.8) is 0 Å². The van der Waals surface area contributed by atoms with Gasteiger partial charge < -0.3 is 14.4 Å². The molecule has 1 heterocycles. The van der Waals surface area contributed by atoms with Gasteiger partial charge in [0.25, 0.3) is 5.91 Å². The van der Waals surface area contributed by atoms with E-state index >= 15 is 0 Å². The van der Waals surface area contributed by atoms with Crippen molar-refractivity contribution in [1.29, 1.82) is 0 Å². The van der Waals surface area contributed by atoms with E-state index in [2.05, 4.69) is 4.72 Å². The van der Waals surface area contributed by atoms with Gasteiger partial charge in [-0.1, -0.05) is 0 Å². The summed E-state index contributed by atoms with van der Waals surface area (Å²) in [5.41, 5.74) is 0. The highest BCUT2D eigenvalue weighted by molar-refractivity contribution is 7.89. The molecule has 0 saturated carbocycles. The number of nitrogens with zero attached hydrogens (tertiary/aromatic N) is 1. The van der Waals surface area contributed by atoms with Gasteiger partial charge in [-0.25, -0.2) is 12.8 Å². The lowest BCUT2D eigenvalue weighted by atomic mass is 10.3. The summed E-state index contributed by atoms with van der Waals surface area (Å²) in [6.07, 6.45) is 0. The van der Waals surface area contributed by atoms with Gasteiger partial charge in [0.15, 0.2) is 6.61 Å². The molecule has 0 aliphatic carbocycles. The van der Waals surface area contributed by atoms with E-state index in [-0.39, 0.29) is 10.8 Å². The number of esters is 1. The van der Waals surface area contributed by atoms with Crippen LogP contribution in [0.25, 0.3) is 0 Å². The fourth-order valence-electron chi connectivity index (χ4n) is 2.12. The molecular weight excluding hydrogens is 355 g/mol. The van der Waals surface area contributed by atoms with E-state index < -0.39 is 34.5 Å². The van der Waals surface area contributed by atoms with Gasteiger partial charge in [0, 0.05) is 13.1 Å². The van der Waals surface area contributed by atoms with Gasteiger partial charge >= 0.3 is 5.97 Å². The van der Waals surface area contributed by atoms with Gasteiger partial charge in [0.05, 0.1) is 18.1 Å². The van der Waals surface area contributed by atoms with Gasteiger partial charge in [0.2, 0.25) is 10.0 Å². The summed E-state index contributed by atoms with van der Waals surface area (Å²) in [5.74, 6) is -1.83. The van der Waals surface area contributed by atoms with Crippen molar-refractivity contribution in [2.75, 3.05) is 32.9 Å². The molecule has 0 spiro atoms. The molecule has 0 aromatic heterocycles. The number of halogens is 1.